The second-order valence-corrected chi connectivity index (χ2v) is 5.64. The fourth-order valence-electron chi connectivity index (χ4n) is 0.870. The maximum Gasteiger partial charge on any atom is 0.150 e. The second-order valence-electron chi connectivity index (χ2n) is 2.86. The summed E-state index contributed by atoms with van der Waals surface area (Å²) in [6.07, 6.45) is 1.10. The van der Waals surface area contributed by atoms with Crippen LogP contribution in [-0.4, -0.2) is 25.8 Å². The summed E-state index contributed by atoms with van der Waals surface area (Å²) in [5, 5.41) is 8.53. The van der Waals surface area contributed by atoms with Crippen molar-refractivity contribution >= 4 is 21.4 Å². The van der Waals surface area contributed by atoms with Crippen molar-refractivity contribution in [2.75, 3.05) is 17.4 Å². The Hall–Kier alpha value is -0.270. The average Bonchev–Trinajstić information content (AvgIpc) is 2.12. The van der Waals surface area contributed by atoms with E-state index in [0.29, 0.717) is 12.8 Å². The van der Waals surface area contributed by atoms with Crippen LogP contribution in [0, 0.1) is 17.2 Å². The van der Waals surface area contributed by atoms with Crippen LogP contribution in [-0.2, 0) is 9.84 Å². The van der Waals surface area contributed by atoms with Crippen LogP contribution < -0.4 is 0 Å². The summed E-state index contributed by atoms with van der Waals surface area (Å²) in [6.45, 7) is 1.62. The van der Waals surface area contributed by atoms with Gasteiger partial charge in [-0.25, -0.2) is 8.42 Å². The first-order valence-corrected chi connectivity index (χ1v) is 6.57. The molecule has 0 aromatic rings. The minimum absolute atomic E-state index is 0.165. The summed E-state index contributed by atoms with van der Waals surface area (Å²) >= 11 is 5.48. The molecule has 0 aromatic heterocycles. The van der Waals surface area contributed by atoms with E-state index < -0.39 is 9.84 Å². The molecule has 0 saturated carbocycles. The molecule has 0 bridgehead atoms. The molecular formula is C8H14ClNO2S. The molecule has 0 rings (SSSR count). The molecule has 0 aromatic carbocycles. The largest absolute Gasteiger partial charge is 0.229 e. The molecule has 1 atom stereocenters. The number of nitrogens with zero attached hydrogens (tertiary/aromatic N) is 1. The molecule has 0 aliphatic heterocycles. The Balaban J connectivity index is 3.75. The lowest BCUT2D eigenvalue weighted by Gasteiger charge is -2.04. The second kappa shape index (κ2) is 6.22. The predicted octanol–water partition coefficient (Wildman–Crippen LogP) is 1.58. The highest BCUT2D eigenvalue weighted by atomic mass is 35.5. The van der Waals surface area contributed by atoms with Gasteiger partial charge in [0, 0.05) is 11.6 Å². The maximum absolute atomic E-state index is 11.0. The molecule has 0 saturated heterocycles. The summed E-state index contributed by atoms with van der Waals surface area (Å²) in [5.41, 5.74) is 0. The summed E-state index contributed by atoms with van der Waals surface area (Å²) in [6, 6.07) is 2.03. The van der Waals surface area contributed by atoms with Crippen molar-refractivity contribution in [1.29, 1.82) is 5.26 Å². The SMILES string of the molecule is CCS(=O)(=O)CCCC(C#N)CCl. The van der Waals surface area contributed by atoms with Crippen molar-refractivity contribution in [3.63, 3.8) is 0 Å². The van der Waals surface area contributed by atoms with E-state index in [1.807, 2.05) is 6.07 Å². The fourth-order valence-corrected chi connectivity index (χ4v) is 1.99. The van der Waals surface area contributed by atoms with Crippen LogP contribution in [0.1, 0.15) is 19.8 Å². The van der Waals surface area contributed by atoms with Crippen LogP contribution in [0.2, 0.25) is 0 Å². The fraction of sp³-hybridized carbons (Fsp3) is 0.875. The van der Waals surface area contributed by atoms with Crippen molar-refractivity contribution in [3.05, 3.63) is 0 Å². The molecule has 13 heavy (non-hydrogen) atoms. The van der Waals surface area contributed by atoms with E-state index in [1.165, 1.54) is 0 Å². The normalized spacial score (nSPS) is 13.6. The van der Waals surface area contributed by atoms with E-state index in [1.54, 1.807) is 6.92 Å². The number of rotatable bonds is 6. The van der Waals surface area contributed by atoms with Crippen LogP contribution >= 0.6 is 11.6 Å². The van der Waals surface area contributed by atoms with Crippen LogP contribution in [0.4, 0.5) is 0 Å². The lowest BCUT2D eigenvalue weighted by Crippen LogP contribution is -2.10. The Morgan fingerprint density at radius 2 is 2.15 bits per heavy atom. The molecule has 76 valence electrons. The maximum atomic E-state index is 11.0. The Bertz CT molecular complexity index is 268. The first-order chi connectivity index (χ1) is 6.05. The van der Waals surface area contributed by atoms with E-state index >= 15 is 0 Å². The zero-order valence-electron chi connectivity index (χ0n) is 7.66. The van der Waals surface area contributed by atoms with E-state index in [2.05, 4.69) is 0 Å². The average molecular weight is 224 g/mol. The number of alkyl halides is 1. The Morgan fingerprint density at radius 1 is 1.54 bits per heavy atom. The standard InChI is InChI=1S/C8H14ClNO2S/c1-2-13(11,12)5-3-4-8(6-9)7-10/h8H,2-6H2,1H3. The summed E-state index contributed by atoms with van der Waals surface area (Å²) < 4.78 is 22.1. The van der Waals surface area contributed by atoms with Crippen LogP contribution in [0.3, 0.4) is 0 Å². The lowest BCUT2D eigenvalue weighted by molar-refractivity contribution is 0.585. The topological polar surface area (TPSA) is 57.9 Å². The zero-order chi connectivity index (χ0) is 10.3. The quantitative estimate of drug-likeness (QED) is 0.643. The monoisotopic (exact) mass is 223 g/mol. The molecule has 0 heterocycles. The minimum Gasteiger partial charge on any atom is -0.229 e. The molecule has 0 aliphatic rings. The number of halogens is 1. The lowest BCUT2D eigenvalue weighted by atomic mass is 10.1. The van der Waals surface area contributed by atoms with Gasteiger partial charge >= 0.3 is 0 Å². The van der Waals surface area contributed by atoms with Crippen LogP contribution in [0.5, 0.6) is 0 Å². The number of nitriles is 1. The molecule has 0 fully saturated rings. The Kier molecular flexibility index (Phi) is 6.10. The molecule has 0 aliphatic carbocycles. The predicted molar refractivity (Wildman–Crippen MR) is 53.4 cm³/mol. The number of sulfone groups is 1. The molecule has 1 unspecified atom stereocenters. The van der Waals surface area contributed by atoms with Gasteiger partial charge in [-0.2, -0.15) is 5.26 Å². The minimum atomic E-state index is -2.88. The third kappa shape index (κ3) is 5.89. The van der Waals surface area contributed by atoms with E-state index in [9.17, 15) is 8.42 Å². The van der Waals surface area contributed by atoms with E-state index in [4.69, 9.17) is 16.9 Å². The van der Waals surface area contributed by atoms with Gasteiger partial charge in [0.2, 0.25) is 0 Å². The number of hydrogen-bond acceptors (Lipinski definition) is 3. The van der Waals surface area contributed by atoms with Gasteiger partial charge in [-0.05, 0) is 12.8 Å². The van der Waals surface area contributed by atoms with Crippen molar-refractivity contribution in [1.82, 2.24) is 0 Å². The summed E-state index contributed by atoms with van der Waals surface area (Å²) in [4.78, 5) is 0. The van der Waals surface area contributed by atoms with Gasteiger partial charge in [0.15, 0.2) is 0 Å². The molecule has 5 heteroatoms. The van der Waals surface area contributed by atoms with E-state index in [-0.39, 0.29) is 23.3 Å². The van der Waals surface area contributed by atoms with Gasteiger partial charge in [-0.1, -0.05) is 6.92 Å². The van der Waals surface area contributed by atoms with Crippen molar-refractivity contribution in [2.45, 2.75) is 19.8 Å². The highest BCUT2D eigenvalue weighted by molar-refractivity contribution is 7.91. The number of hydrogen-bond donors (Lipinski definition) is 0. The Labute approximate surface area is 84.6 Å². The van der Waals surface area contributed by atoms with Crippen molar-refractivity contribution < 1.29 is 8.42 Å². The smallest absolute Gasteiger partial charge is 0.150 e. The summed E-state index contributed by atoms with van der Waals surface area (Å²) in [5.74, 6) is 0.403. The molecule has 0 radical (unpaired) electrons. The molecular weight excluding hydrogens is 210 g/mol. The van der Waals surface area contributed by atoms with E-state index in [0.717, 1.165) is 0 Å². The molecule has 0 amide bonds. The highest BCUT2D eigenvalue weighted by Gasteiger charge is 2.10. The van der Waals surface area contributed by atoms with Crippen molar-refractivity contribution in [3.8, 4) is 6.07 Å². The third-order valence-corrected chi connectivity index (χ3v) is 3.98. The zero-order valence-corrected chi connectivity index (χ0v) is 9.24. The van der Waals surface area contributed by atoms with Gasteiger partial charge in [0.05, 0.1) is 17.7 Å². The Morgan fingerprint density at radius 3 is 2.54 bits per heavy atom. The molecule has 3 nitrogen and oxygen atoms in total. The third-order valence-electron chi connectivity index (χ3n) is 1.82. The van der Waals surface area contributed by atoms with Gasteiger partial charge < -0.3 is 0 Å². The van der Waals surface area contributed by atoms with Crippen molar-refractivity contribution in [2.24, 2.45) is 5.92 Å². The van der Waals surface area contributed by atoms with Gasteiger partial charge in [-0.15, -0.1) is 11.6 Å². The highest BCUT2D eigenvalue weighted by Crippen LogP contribution is 2.08. The first-order valence-electron chi connectivity index (χ1n) is 4.21. The summed E-state index contributed by atoms with van der Waals surface area (Å²) in [7, 11) is -2.88. The van der Waals surface area contributed by atoms with Crippen LogP contribution in [0.25, 0.3) is 0 Å². The molecule has 0 N–H and O–H groups in total. The van der Waals surface area contributed by atoms with Gasteiger partial charge in [0.25, 0.3) is 0 Å². The first kappa shape index (κ1) is 12.7. The van der Waals surface area contributed by atoms with Gasteiger partial charge in [-0.3, -0.25) is 0 Å². The van der Waals surface area contributed by atoms with Gasteiger partial charge in [0.1, 0.15) is 9.84 Å². The molecule has 0 spiro atoms. The van der Waals surface area contributed by atoms with Crippen LogP contribution in [0.15, 0.2) is 0 Å².